The zero-order chi connectivity index (χ0) is 18.1. The van der Waals surface area contributed by atoms with Gasteiger partial charge >= 0.3 is 5.97 Å². The molecule has 0 fully saturated rings. The number of thioether (sulfide) groups is 1. The van der Waals surface area contributed by atoms with E-state index in [9.17, 15) is 4.79 Å². The third-order valence-corrected chi connectivity index (χ3v) is 4.35. The van der Waals surface area contributed by atoms with Crippen LogP contribution in [0.25, 0.3) is 0 Å². The maximum Gasteiger partial charge on any atom is 0.330 e. The first kappa shape index (κ1) is 20.2. The second-order valence-electron chi connectivity index (χ2n) is 5.79. The van der Waals surface area contributed by atoms with E-state index in [4.69, 9.17) is 21.1 Å². The third kappa shape index (κ3) is 6.72. The van der Waals surface area contributed by atoms with Crippen LogP contribution in [-0.4, -0.2) is 37.0 Å². The van der Waals surface area contributed by atoms with Gasteiger partial charge in [0.2, 0.25) is 0 Å². The largest absolute Gasteiger partial charge is 0.497 e. The number of nitrogens with zero attached hydrogens (tertiary/aromatic N) is 1. The second-order valence-corrected chi connectivity index (χ2v) is 6.84. The predicted molar refractivity (Wildman–Crippen MR) is 97.3 cm³/mol. The van der Waals surface area contributed by atoms with Crippen molar-refractivity contribution in [2.45, 2.75) is 31.2 Å². The van der Waals surface area contributed by atoms with E-state index in [0.29, 0.717) is 23.8 Å². The van der Waals surface area contributed by atoms with Crippen LogP contribution in [0.15, 0.2) is 41.1 Å². The number of methoxy groups -OCH3 is 2. The van der Waals surface area contributed by atoms with Gasteiger partial charge in [0.05, 0.1) is 14.2 Å². The van der Waals surface area contributed by atoms with Crippen molar-refractivity contribution in [3.63, 3.8) is 0 Å². The molecule has 1 atom stereocenters. The highest BCUT2D eigenvalue weighted by molar-refractivity contribution is 7.99. The van der Waals surface area contributed by atoms with Gasteiger partial charge in [0.1, 0.15) is 11.8 Å². The number of benzene rings is 1. The molecule has 1 aromatic carbocycles. The van der Waals surface area contributed by atoms with Gasteiger partial charge < -0.3 is 20.2 Å². The number of nitrogens with two attached hydrogens (primary N) is 2. The molecule has 0 aromatic heterocycles. The molecule has 0 heterocycles. The Hall–Kier alpha value is -1.86. The van der Waals surface area contributed by atoms with Crippen LogP contribution in [0.4, 0.5) is 0 Å². The lowest BCUT2D eigenvalue weighted by Gasteiger charge is -2.25. The molecule has 0 spiro atoms. The number of rotatable bonds is 9. The van der Waals surface area contributed by atoms with Gasteiger partial charge in [-0.2, -0.15) is 0 Å². The zero-order valence-electron chi connectivity index (χ0n) is 14.7. The second kappa shape index (κ2) is 10.1. The molecule has 4 N–H and O–H groups in total. The molecule has 0 bridgehead atoms. The van der Waals surface area contributed by atoms with E-state index in [1.807, 2.05) is 38.1 Å². The van der Waals surface area contributed by atoms with Crippen molar-refractivity contribution in [1.29, 1.82) is 0 Å². The lowest BCUT2D eigenvalue weighted by Crippen LogP contribution is -2.44. The van der Waals surface area contributed by atoms with Crippen molar-refractivity contribution >= 4 is 17.7 Å². The highest BCUT2D eigenvalue weighted by atomic mass is 32.2. The molecular weight excluding hydrogens is 326 g/mol. The molecule has 24 heavy (non-hydrogen) atoms. The van der Waals surface area contributed by atoms with Gasteiger partial charge in [-0.05, 0) is 30.5 Å². The molecule has 0 aliphatic heterocycles. The summed E-state index contributed by atoms with van der Waals surface area (Å²) < 4.78 is 10.0. The van der Waals surface area contributed by atoms with E-state index in [1.165, 1.54) is 12.1 Å². The van der Waals surface area contributed by atoms with Crippen molar-refractivity contribution in [3.05, 3.63) is 36.2 Å². The molecule has 0 aliphatic rings. The topological polar surface area (TPSA) is 90.8 Å². The van der Waals surface area contributed by atoms with E-state index in [-0.39, 0.29) is 5.97 Å². The van der Waals surface area contributed by atoms with Gasteiger partial charge in [-0.15, -0.1) is 11.8 Å². The average Bonchev–Trinajstić information content (AvgIpc) is 2.57. The fourth-order valence-electron chi connectivity index (χ4n) is 2.10. The average molecular weight is 353 g/mol. The Labute approximate surface area is 148 Å². The normalized spacial score (nSPS) is 12.8. The van der Waals surface area contributed by atoms with Crippen molar-refractivity contribution in [2.24, 2.45) is 17.5 Å². The molecule has 6 nitrogen and oxygen atoms in total. The van der Waals surface area contributed by atoms with Gasteiger partial charge in [-0.3, -0.25) is 0 Å². The molecule has 1 rings (SSSR count). The molecule has 0 saturated heterocycles. The molecule has 0 amide bonds. The van der Waals surface area contributed by atoms with E-state index in [1.54, 1.807) is 25.1 Å². The molecule has 7 heteroatoms. The Morgan fingerprint density at radius 3 is 2.67 bits per heavy atom. The molecule has 0 radical (unpaired) electrons. The Balaban J connectivity index is 2.69. The Bertz CT molecular complexity index is 564. The maximum absolute atomic E-state index is 11.9. The van der Waals surface area contributed by atoms with Crippen LogP contribution in [0.2, 0.25) is 0 Å². The quantitative estimate of drug-likeness (QED) is 0.305. The van der Waals surface area contributed by atoms with Crippen LogP contribution in [0.5, 0.6) is 5.75 Å². The molecule has 1 aromatic rings. The van der Waals surface area contributed by atoms with Gasteiger partial charge in [-0.1, -0.05) is 19.9 Å². The fourth-order valence-corrected chi connectivity index (χ4v) is 2.88. The van der Waals surface area contributed by atoms with Gasteiger partial charge in [0.25, 0.3) is 0 Å². The SMILES string of the molecule is COC(=O)[C@H](CC(C)C)N(N)/C=C(\N)CSc1cccc(OC)c1. The highest BCUT2D eigenvalue weighted by Gasteiger charge is 2.24. The summed E-state index contributed by atoms with van der Waals surface area (Å²) in [4.78, 5) is 12.9. The standard InChI is InChI=1S/C17H27N3O3S/c1-12(2)8-16(17(21)23-4)20(19)10-13(18)11-24-15-7-5-6-14(9-15)22-3/h5-7,9-10,12,16H,8,11,18-19H2,1-4H3/b13-10-/t16-/m0/s1. The van der Waals surface area contributed by atoms with Crippen molar-refractivity contribution < 1.29 is 14.3 Å². The lowest BCUT2D eigenvalue weighted by atomic mass is 10.0. The van der Waals surface area contributed by atoms with Crippen LogP contribution < -0.4 is 16.3 Å². The number of hydrogen-bond donors (Lipinski definition) is 2. The minimum Gasteiger partial charge on any atom is -0.497 e. The molecule has 0 aliphatic carbocycles. The molecule has 134 valence electrons. The number of hydrazine groups is 1. The van der Waals surface area contributed by atoms with Crippen molar-refractivity contribution in [3.8, 4) is 5.75 Å². The van der Waals surface area contributed by atoms with Gasteiger partial charge in [0.15, 0.2) is 0 Å². The first-order valence-corrected chi connectivity index (χ1v) is 8.69. The van der Waals surface area contributed by atoms with Gasteiger partial charge in [-0.25, -0.2) is 10.6 Å². The number of ether oxygens (including phenoxy) is 2. The monoisotopic (exact) mass is 353 g/mol. The summed E-state index contributed by atoms with van der Waals surface area (Å²) in [7, 11) is 2.99. The number of carbonyl (C=O) groups excluding carboxylic acids is 1. The zero-order valence-corrected chi connectivity index (χ0v) is 15.5. The summed E-state index contributed by atoms with van der Waals surface area (Å²) in [5, 5.41) is 1.34. The van der Waals surface area contributed by atoms with E-state index < -0.39 is 6.04 Å². The van der Waals surface area contributed by atoms with Crippen LogP contribution in [-0.2, 0) is 9.53 Å². The number of hydrogen-bond acceptors (Lipinski definition) is 7. The smallest absolute Gasteiger partial charge is 0.330 e. The summed E-state index contributed by atoms with van der Waals surface area (Å²) in [6.45, 7) is 4.05. The van der Waals surface area contributed by atoms with E-state index >= 15 is 0 Å². The minimum absolute atomic E-state index is 0.306. The summed E-state index contributed by atoms with van der Waals surface area (Å²) in [5.74, 6) is 7.30. The Kier molecular flexibility index (Phi) is 8.49. The molecular formula is C17H27N3O3S. The first-order valence-electron chi connectivity index (χ1n) is 7.71. The lowest BCUT2D eigenvalue weighted by molar-refractivity contribution is -0.146. The highest BCUT2D eigenvalue weighted by Crippen LogP contribution is 2.23. The van der Waals surface area contributed by atoms with Crippen molar-refractivity contribution in [2.75, 3.05) is 20.0 Å². The van der Waals surface area contributed by atoms with E-state index in [0.717, 1.165) is 10.6 Å². The van der Waals surface area contributed by atoms with Crippen LogP contribution in [0.3, 0.4) is 0 Å². The summed E-state index contributed by atoms with van der Waals surface area (Å²) >= 11 is 1.57. The molecule has 0 unspecified atom stereocenters. The van der Waals surface area contributed by atoms with Crippen molar-refractivity contribution in [1.82, 2.24) is 5.01 Å². The number of esters is 1. The maximum atomic E-state index is 11.9. The van der Waals surface area contributed by atoms with Crippen LogP contribution >= 0.6 is 11.8 Å². The predicted octanol–water partition coefficient (Wildman–Crippen LogP) is 2.35. The van der Waals surface area contributed by atoms with Gasteiger partial charge in [0, 0.05) is 22.5 Å². The minimum atomic E-state index is -0.546. The summed E-state index contributed by atoms with van der Waals surface area (Å²) in [6.07, 6.45) is 2.19. The third-order valence-electron chi connectivity index (χ3n) is 3.29. The number of carbonyl (C=O) groups is 1. The summed E-state index contributed by atoms with van der Waals surface area (Å²) in [6, 6.07) is 7.19. The fraction of sp³-hybridized carbons (Fsp3) is 0.471. The summed E-state index contributed by atoms with van der Waals surface area (Å²) in [5.41, 5.74) is 6.61. The Morgan fingerprint density at radius 1 is 1.38 bits per heavy atom. The Morgan fingerprint density at radius 2 is 2.08 bits per heavy atom. The van der Waals surface area contributed by atoms with Crippen LogP contribution in [0.1, 0.15) is 20.3 Å². The van der Waals surface area contributed by atoms with Crippen LogP contribution in [0, 0.1) is 5.92 Å². The van der Waals surface area contributed by atoms with E-state index in [2.05, 4.69) is 0 Å². The molecule has 0 saturated carbocycles. The first-order chi connectivity index (χ1) is 11.4.